The van der Waals surface area contributed by atoms with Gasteiger partial charge in [-0.25, -0.2) is 4.79 Å². The van der Waals surface area contributed by atoms with Crippen LogP contribution in [0, 0.1) is 6.92 Å². The Kier molecular flexibility index (Phi) is 6.59. The number of likely N-dealkylation sites (tertiary alicyclic amines) is 1. The van der Waals surface area contributed by atoms with Gasteiger partial charge >= 0.3 is 6.03 Å². The Hall–Kier alpha value is -2.51. The van der Waals surface area contributed by atoms with Crippen molar-refractivity contribution in [2.75, 3.05) is 45.9 Å². The quantitative estimate of drug-likeness (QED) is 0.787. The lowest BCUT2D eigenvalue weighted by molar-refractivity contribution is 0.0118. The summed E-state index contributed by atoms with van der Waals surface area (Å²) in [6, 6.07) is 11.4. The zero-order valence-corrected chi connectivity index (χ0v) is 17.5. The fourth-order valence-corrected chi connectivity index (χ4v) is 4.39. The molecule has 1 unspecified atom stereocenters. The molecule has 0 bridgehead atoms. The molecule has 2 aliphatic heterocycles. The van der Waals surface area contributed by atoms with Gasteiger partial charge in [0.05, 0.1) is 19.3 Å². The van der Waals surface area contributed by atoms with Gasteiger partial charge in [-0.2, -0.15) is 0 Å². The fourth-order valence-electron chi connectivity index (χ4n) is 4.39. The van der Waals surface area contributed by atoms with E-state index in [4.69, 9.17) is 9.15 Å². The maximum atomic E-state index is 12.8. The highest BCUT2D eigenvalue weighted by Crippen LogP contribution is 2.29. The summed E-state index contributed by atoms with van der Waals surface area (Å²) in [6.07, 6.45) is 1.87. The molecule has 1 aromatic carbocycles. The van der Waals surface area contributed by atoms with Gasteiger partial charge in [0.15, 0.2) is 0 Å². The van der Waals surface area contributed by atoms with Crippen molar-refractivity contribution < 1.29 is 19.1 Å². The number of phenolic OH excluding ortho intramolecular Hbond substituents is 1. The molecule has 2 fully saturated rings. The maximum Gasteiger partial charge on any atom is 0.317 e. The van der Waals surface area contributed by atoms with Crippen LogP contribution in [0.1, 0.15) is 41.9 Å². The zero-order valence-electron chi connectivity index (χ0n) is 17.5. The molecule has 2 saturated heterocycles. The van der Waals surface area contributed by atoms with Crippen LogP contribution < -0.4 is 5.32 Å². The van der Waals surface area contributed by atoms with Crippen LogP contribution >= 0.6 is 0 Å². The Balaban J connectivity index is 1.32. The summed E-state index contributed by atoms with van der Waals surface area (Å²) < 4.78 is 11.4. The summed E-state index contributed by atoms with van der Waals surface area (Å²) in [7, 11) is 0. The number of urea groups is 1. The number of ether oxygens (including phenoxy) is 1. The molecule has 4 rings (SSSR count). The van der Waals surface area contributed by atoms with Crippen molar-refractivity contribution in [3.8, 4) is 5.75 Å². The topological polar surface area (TPSA) is 78.2 Å². The van der Waals surface area contributed by atoms with Crippen molar-refractivity contribution in [2.24, 2.45) is 0 Å². The van der Waals surface area contributed by atoms with Crippen molar-refractivity contribution in [1.82, 2.24) is 15.1 Å². The Bertz CT molecular complexity index is 821. The predicted octanol–water partition coefficient (Wildman–Crippen LogP) is 3.26. The number of aromatic hydroxyl groups is 1. The van der Waals surface area contributed by atoms with Crippen LogP contribution in [0.2, 0.25) is 0 Å². The monoisotopic (exact) mass is 413 g/mol. The first kappa shape index (κ1) is 20.8. The van der Waals surface area contributed by atoms with Gasteiger partial charge in [-0.05, 0) is 55.5 Å². The molecule has 2 amide bonds. The lowest BCUT2D eigenvalue weighted by atomic mass is 9.89. The van der Waals surface area contributed by atoms with Gasteiger partial charge in [-0.1, -0.05) is 12.1 Å². The summed E-state index contributed by atoms with van der Waals surface area (Å²) in [4.78, 5) is 17.0. The van der Waals surface area contributed by atoms with Gasteiger partial charge in [-0.3, -0.25) is 4.90 Å². The molecule has 0 spiro atoms. The summed E-state index contributed by atoms with van der Waals surface area (Å²) in [6.45, 7) is 7.00. The fraction of sp³-hybridized carbons (Fsp3) is 0.522. The third kappa shape index (κ3) is 4.96. The summed E-state index contributed by atoms with van der Waals surface area (Å²) in [5.74, 6) is 2.49. The van der Waals surface area contributed by atoms with Crippen LogP contribution in [0.5, 0.6) is 5.75 Å². The molecule has 2 aliphatic rings. The molecule has 162 valence electrons. The number of piperidine rings is 1. The van der Waals surface area contributed by atoms with E-state index in [1.807, 2.05) is 36.1 Å². The van der Waals surface area contributed by atoms with Crippen LogP contribution in [0.15, 0.2) is 40.8 Å². The van der Waals surface area contributed by atoms with Gasteiger partial charge in [0.25, 0.3) is 0 Å². The molecule has 1 atom stereocenters. The van der Waals surface area contributed by atoms with E-state index in [0.29, 0.717) is 25.7 Å². The molecule has 0 aliphatic carbocycles. The van der Waals surface area contributed by atoms with Gasteiger partial charge in [-0.15, -0.1) is 0 Å². The highest BCUT2D eigenvalue weighted by Gasteiger charge is 2.28. The Morgan fingerprint density at radius 2 is 1.80 bits per heavy atom. The smallest absolute Gasteiger partial charge is 0.317 e. The van der Waals surface area contributed by atoms with Gasteiger partial charge in [0, 0.05) is 32.7 Å². The predicted molar refractivity (Wildman–Crippen MR) is 114 cm³/mol. The lowest BCUT2D eigenvalue weighted by Gasteiger charge is -2.35. The van der Waals surface area contributed by atoms with E-state index in [0.717, 1.165) is 50.5 Å². The van der Waals surface area contributed by atoms with E-state index in [-0.39, 0.29) is 17.8 Å². The molecule has 2 N–H and O–H groups in total. The third-order valence-corrected chi connectivity index (χ3v) is 6.17. The van der Waals surface area contributed by atoms with Crippen LogP contribution in [-0.2, 0) is 4.74 Å². The van der Waals surface area contributed by atoms with Crippen molar-refractivity contribution in [3.63, 3.8) is 0 Å². The van der Waals surface area contributed by atoms with Crippen molar-refractivity contribution >= 4 is 6.03 Å². The number of carbonyl (C=O) groups excluding carboxylic acids is 1. The number of furan rings is 1. The number of carbonyl (C=O) groups is 1. The first-order chi connectivity index (χ1) is 14.6. The molecule has 2 aromatic rings. The van der Waals surface area contributed by atoms with E-state index in [1.54, 1.807) is 12.1 Å². The number of phenols is 1. The molecular weight excluding hydrogens is 382 g/mol. The summed E-state index contributed by atoms with van der Waals surface area (Å²) in [5.41, 5.74) is 1.23. The molecule has 30 heavy (non-hydrogen) atoms. The standard InChI is InChI=1S/C23H31N3O4/c1-17-2-7-22(30-17)21(25-12-14-29-15-13-25)16-24-23(28)26-10-8-19(9-11-26)18-3-5-20(27)6-4-18/h2-7,19,21,27H,8-16H2,1H3,(H,24,28). The van der Waals surface area contributed by atoms with Crippen LogP contribution in [-0.4, -0.2) is 66.9 Å². The maximum absolute atomic E-state index is 12.8. The highest BCUT2D eigenvalue weighted by molar-refractivity contribution is 5.74. The van der Waals surface area contributed by atoms with Crippen molar-refractivity contribution in [1.29, 1.82) is 0 Å². The second-order valence-electron chi connectivity index (χ2n) is 8.15. The molecule has 0 saturated carbocycles. The minimum absolute atomic E-state index is 0.0132. The number of amides is 2. The largest absolute Gasteiger partial charge is 0.508 e. The highest BCUT2D eigenvalue weighted by atomic mass is 16.5. The van der Waals surface area contributed by atoms with E-state index in [2.05, 4.69) is 10.2 Å². The van der Waals surface area contributed by atoms with Crippen molar-refractivity contribution in [2.45, 2.75) is 31.7 Å². The Morgan fingerprint density at radius 3 is 2.43 bits per heavy atom. The SMILES string of the molecule is Cc1ccc(C(CNC(=O)N2CCC(c3ccc(O)cc3)CC2)N2CCOCC2)o1. The molecule has 7 nitrogen and oxygen atoms in total. The number of nitrogens with zero attached hydrogens (tertiary/aromatic N) is 2. The van der Waals surface area contributed by atoms with E-state index in [9.17, 15) is 9.90 Å². The van der Waals surface area contributed by atoms with Gasteiger partial charge in [0.2, 0.25) is 0 Å². The second kappa shape index (κ2) is 9.53. The number of aryl methyl sites for hydroxylation is 1. The zero-order chi connectivity index (χ0) is 20.9. The molecule has 7 heteroatoms. The summed E-state index contributed by atoms with van der Waals surface area (Å²) in [5, 5.41) is 12.6. The van der Waals surface area contributed by atoms with Crippen LogP contribution in [0.3, 0.4) is 0 Å². The van der Waals surface area contributed by atoms with Crippen LogP contribution in [0.4, 0.5) is 4.79 Å². The number of benzene rings is 1. The number of morpholine rings is 1. The molecule has 1 aromatic heterocycles. The third-order valence-electron chi connectivity index (χ3n) is 6.17. The number of rotatable bonds is 5. The minimum atomic E-state index is -0.0132. The van der Waals surface area contributed by atoms with Gasteiger partial charge in [0.1, 0.15) is 17.3 Å². The normalized spacial score (nSPS) is 19.6. The van der Waals surface area contributed by atoms with Crippen molar-refractivity contribution in [3.05, 3.63) is 53.5 Å². The number of hydrogen-bond donors (Lipinski definition) is 2. The number of nitrogens with one attached hydrogen (secondary N) is 1. The lowest BCUT2D eigenvalue weighted by Crippen LogP contribution is -2.48. The Labute approximate surface area is 177 Å². The molecule has 3 heterocycles. The van der Waals surface area contributed by atoms with E-state index < -0.39 is 0 Å². The Morgan fingerprint density at radius 1 is 1.10 bits per heavy atom. The average molecular weight is 414 g/mol. The van der Waals surface area contributed by atoms with E-state index in [1.165, 1.54) is 5.56 Å². The first-order valence-electron chi connectivity index (χ1n) is 10.8. The first-order valence-corrected chi connectivity index (χ1v) is 10.8. The summed E-state index contributed by atoms with van der Waals surface area (Å²) >= 11 is 0. The number of hydrogen-bond acceptors (Lipinski definition) is 5. The minimum Gasteiger partial charge on any atom is -0.508 e. The second-order valence-corrected chi connectivity index (χ2v) is 8.15. The van der Waals surface area contributed by atoms with Gasteiger partial charge < -0.3 is 24.5 Å². The van der Waals surface area contributed by atoms with Crippen LogP contribution in [0.25, 0.3) is 0 Å². The van der Waals surface area contributed by atoms with E-state index >= 15 is 0 Å². The molecule has 0 radical (unpaired) electrons. The average Bonchev–Trinajstić information content (AvgIpc) is 3.21. The molecular formula is C23H31N3O4.